The van der Waals surface area contributed by atoms with Crippen LogP contribution in [0, 0.1) is 5.41 Å². The van der Waals surface area contributed by atoms with Gasteiger partial charge in [-0.25, -0.2) is 4.79 Å². The quantitative estimate of drug-likeness (QED) is 0.505. The first-order chi connectivity index (χ1) is 14.6. The van der Waals surface area contributed by atoms with Gasteiger partial charge in [-0.1, -0.05) is 27.2 Å². The Morgan fingerprint density at radius 1 is 1.29 bits per heavy atom. The van der Waals surface area contributed by atoms with Crippen molar-refractivity contribution >= 4 is 17.8 Å². The van der Waals surface area contributed by atoms with E-state index < -0.39 is 24.1 Å². The summed E-state index contributed by atoms with van der Waals surface area (Å²) in [7, 11) is 3.88. The Labute approximate surface area is 184 Å². The molecule has 0 radical (unpaired) electrons. The number of hydroxylamine groups is 2. The molecule has 3 atom stereocenters. The van der Waals surface area contributed by atoms with Gasteiger partial charge in [-0.2, -0.15) is 0 Å². The van der Waals surface area contributed by atoms with Gasteiger partial charge in [-0.15, -0.1) is 5.06 Å². The lowest BCUT2D eigenvalue weighted by molar-refractivity contribution is -0.148. The first kappa shape index (κ1) is 25.5. The normalized spacial score (nSPS) is 23.6. The van der Waals surface area contributed by atoms with Crippen molar-refractivity contribution in [1.29, 1.82) is 0 Å². The number of hydrogen-bond donors (Lipinski definition) is 2. The third-order valence-electron chi connectivity index (χ3n) is 5.82. The summed E-state index contributed by atoms with van der Waals surface area (Å²) < 4.78 is 10.8. The maximum atomic E-state index is 13.1. The minimum absolute atomic E-state index is 0.0132. The number of ether oxygens (including phenoxy) is 2. The molecule has 2 amide bonds. The maximum absolute atomic E-state index is 13.1. The van der Waals surface area contributed by atoms with Crippen molar-refractivity contribution in [3.05, 3.63) is 0 Å². The maximum Gasteiger partial charge on any atom is 0.426 e. The third kappa shape index (κ3) is 8.36. The van der Waals surface area contributed by atoms with Crippen LogP contribution < -0.4 is 10.6 Å². The number of carbonyl (C=O) groups excluding carboxylic acids is 3. The molecule has 2 N–H and O–H groups in total. The summed E-state index contributed by atoms with van der Waals surface area (Å²) in [4.78, 5) is 45.2. The molecule has 2 aliphatic rings. The van der Waals surface area contributed by atoms with Crippen molar-refractivity contribution in [3.63, 3.8) is 0 Å². The van der Waals surface area contributed by atoms with E-state index in [0.29, 0.717) is 39.1 Å². The standard InChI is InChI=1S/C21H38N4O6/c1-6-21(2,3)13-15(22-20(28)31-25-9-11-29-12-10-25)19(27)23-18-16(26)14-30-17(18)7-8-24(4)5/h15,17-18H,6-14H2,1-5H3,(H,22,28)(H,23,27)/t15-,17?,18?/m0/s1. The van der Waals surface area contributed by atoms with Crippen molar-refractivity contribution in [2.24, 2.45) is 5.41 Å². The van der Waals surface area contributed by atoms with Gasteiger partial charge >= 0.3 is 6.09 Å². The number of nitrogens with one attached hydrogen (secondary N) is 2. The molecule has 10 heteroatoms. The molecule has 0 saturated carbocycles. The molecule has 0 bridgehead atoms. The molecular weight excluding hydrogens is 404 g/mol. The molecule has 0 aromatic carbocycles. The summed E-state index contributed by atoms with van der Waals surface area (Å²) in [6, 6.07) is -1.54. The van der Waals surface area contributed by atoms with Crippen molar-refractivity contribution < 1.29 is 28.7 Å². The fraction of sp³-hybridized carbons (Fsp3) is 0.857. The van der Waals surface area contributed by atoms with Gasteiger partial charge in [0.2, 0.25) is 5.91 Å². The number of carbonyl (C=O) groups is 3. The fourth-order valence-electron chi connectivity index (χ4n) is 3.48. The minimum atomic E-state index is -0.827. The predicted molar refractivity (Wildman–Crippen MR) is 114 cm³/mol. The molecule has 0 aliphatic carbocycles. The summed E-state index contributed by atoms with van der Waals surface area (Å²) in [6.07, 6.45) is 0.804. The zero-order chi connectivity index (χ0) is 23.0. The molecule has 2 unspecified atom stereocenters. The molecule has 0 aromatic rings. The van der Waals surface area contributed by atoms with Crippen molar-refractivity contribution in [1.82, 2.24) is 20.6 Å². The van der Waals surface area contributed by atoms with E-state index in [4.69, 9.17) is 14.3 Å². The van der Waals surface area contributed by atoms with E-state index in [1.54, 1.807) is 0 Å². The van der Waals surface area contributed by atoms with Crippen molar-refractivity contribution in [3.8, 4) is 0 Å². The molecule has 2 fully saturated rings. The van der Waals surface area contributed by atoms with Crippen LogP contribution >= 0.6 is 0 Å². The van der Waals surface area contributed by atoms with Crippen molar-refractivity contribution in [2.75, 3.05) is 53.6 Å². The van der Waals surface area contributed by atoms with Gasteiger partial charge < -0.3 is 29.8 Å². The van der Waals surface area contributed by atoms with Crippen LogP contribution in [0.25, 0.3) is 0 Å². The Balaban J connectivity index is 2.02. The number of hydrogen-bond acceptors (Lipinski definition) is 8. The van der Waals surface area contributed by atoms with Gasteiger partial charge in [-0.05, 0) is 32.4 Å². The second kappa shape index (κ2) is 11.8. The third-order valence-corrected chi connectivity index (χ3v) is 5.82. The smallest absolute Gasteiger partial charge is 0.379 e. The average molecular weight is 443 g/mol. The van der Waals surface area contributed by atoms with Gasteiger partial charge in [-0.3, -0.25) is 9.59 Å². The van der Waals surface area contributed by atoms with E-state index in [0.717, 1.165) is 13.0 Å². The topological polar surface area (TPSA) is 109 Å². The number of rotatable bonds is 10. The number of amides is 2. The van der Waals surface area contributed by atoms with E-state index in [-0.39, 0.29) is 23.9 Å². The number of Topliss-reactive ketones (excluding diaryl/α,β-unsaturated/α-hetero) is 1. The number of morpholine rings is 1. The molecule has 2 aliphatic heterocycles. The largest absolute Gasteiger partial charge is 0.426 e. The van der Waals surface area contributed by atoms with E-state index >= 15 is 0 Å². The molecule has 0 aromatic heterocycles. The Hall–Kier alpha value is -1.75. The second-order valence-electron chi connectivity index (χ2n) is 9.23. The zero-order valence-electron chi connectivity index (χ0n) is 19.4. The van der Waals surface area contributed by atoms with Crippen LogP contribution in [0.1, 0.15) is 40.0 Å². The highest BCUT2D eigenvalue weighted by molar-refractivity contribution is 5.94. The van der Waals surface area contributed by atoms with Gasteiger partial charge in [0.1, 0.15) is 18.7 Å². The molecule has 31 heavy (non-hydrogen) atoms. The lowest BCUT2D eigenvalue weighted by Crippen LogP contribution is -2.55. The molecular formula is C21H38N4O6. The Bertz CT molecular complexity index is 621. The predicted octanol–water partition coefficient (Wildman–Crippen LogP) is 0.559. The first-order valence-electron chi connectivity index (χ1n) is 11.0. The lowest BCUT2D eigenvalue weighted by Gasteiger charge is -2.31. The average Bonchev–Trinajstić information content (AvgIpc) is 3.06. The molecule has 2 heterocycles. The Kier molecular flexibility index (Phi) is 9.67. The Morgan fingerprint density at radius 3 is 2.58 bits per heavy atom. The highest BCUT2D eigenvalue weighted by Gasteiger charge is 2.39. The van der Waals surface area contributed by atoms with Crippen LogP contribution in [0.2, 0.25) is 0 Å². The summed E-state index contributed by atoms with van der Waals surface area (Å²) in [5.74, 6) is -0.555. The summed E-state index contributed by atoms with van der Waals surface area (Å²) in [5.41, 5.74) is -0.186. The molecule has 178 valence electrons. The molecule has 2 rings (SSSR count). The lowest BCUT2D eigenvalue weighted by atomic mass is 9.83. The van der Waals surface area contributed by atoms with Crippen LogP contribution in [0.5, 0.6) is 0 Å². The number of nitrogens with zero attached hydrogens (tertiary/aromatic N) is 2. The minimum Gasteiger partial charge on any atom is -0.379 e. The van der Waals surface area contributed by atoms with Gasteiger partial charge in [0.25, 0.3) is 0 Å². The highest BCUT2D eigenvalue weighted by atomic mass is 16.7. The van der Waals surface area contributed by atoms with Crippen molar-refractivity contribution in [2.45, 2.75) is 58.2 Å². The van der Waals surface area contributed by atoms with Gasteiger partial charge in [0, 0.05) is 6.54 Å². The second-order valence-corrected chi connectivity index (χ2v) is 9.23. The van der Waals surface area contributed by atoms with Crippen LogP contribution in [0.15, 0.2) is 0 Å². The summed E-state index contributed by atoms with van der Waals surface area (Å²) in [6.45, 7) is 8.75. The molecule has 2 saturated heterocycles. The number of ketones is 1. The molecule has 0 spiro atoms. The summed E-state index contributed by atoms with van der Waals surface area (Å²) >= 11 is 0. The fourth-order valence-corrected chi connectivity index (χ4v) is 3.48. The van der Waals surface area contributed by atoms with E-state index in [1.165, 1.54) is 5.06 Å². The van der Waals surface area contributed by atoms with Crippen LogP contribution in [-0.4, -0.2) is 99.5 Å². The van der Waals surface area contributed by atoms with Gasteiger partial charge in [0.15, 0.2) is 5.78 Å². The van der Waals surface area contributed by atoms with Crippen LogP contribution in [0.4, 0.5) is 4.79 Å². The van der Waals surface area contributed by atoms with Crippen LogP contribution in [0.3, 0.4) is 0 Å². The van der Waals surface area contributed by atoms with E-state index in [2.05, 4.69) is 10.6 Å². The monoisotopic (exact) mass is 442 g/mol. The van der Waals surface area contributed by atoms with E-state index in [1.807, 2.05) is 39.8 Å². The summed E-state index contributed by atoms with van der Waals surface area (Å²) in [5, 5.41) is 7.03. The molecule has 10 nitrogen and oxygen atoms in total. The van der Waals surface area contributed by atoms with Crippen LogP contribution in [-0.2, 0) is 23.9 Å². The first-order valence-corrected chi connectivity index (χ1v) is 11.0. The SMILES string of the molecule is CCC(C)(C)C[C@H](NC(=O)ON1CCOCC1)C(=O)NC1C(=O)COC1CCN(C)C. The highest BCUT2D eigenvalue weighted by Crippen LogP contribution is 2.26. The van der Waals surface area contributed by atoms with Gasteiger partial charge in [0.05, 0.1) is 32.4 Å². The Morgan fingerprint density at radius 2 is 1.97 bits per heavy atom. The zero-order valence-corrected chi connectivity index (χ0v) is 19.4. The van der Waals surface area contributed by atoms with E-state index in [9.17, 15) is 14.4 Å².